The van der Waals surface area contributed by atoms with Crippen LogP contribution in [0.1, 0.15) is 23.1 Å². The first kappa shape index (κ1) is 24.5. The number of carboxylic acid groups (broad SMARTS) is 1. The molecule has 0 aliphatic rings. The molecule has 4 N–H and O–H groups in total. The molecule has 6 heteroatoms. The zero-order chi connectivity index (χ0) is 24.3. The van der Waals surface area contributed by atoms with Crippen LogP contribution in [0.5, 0.6) is 5.75 Å². The maximum absolute atomic E-state index is 11.4. The zero-order valence-electron chi connectivity index (χ0n) is 19.9. The molecule has 1 heterocycles. The van der Waals surface area contributed by atoms with Crippen molar-refractivity contribution in [3.63, 3.8) is 0 Å². The molecule has 1 atom stereocenters. The van der Waals surface area contributed by atoms with Gasteiger partial charge in [-0.3, -0.25) is 4.79 Å². The number of aromatic amines is 1. The van der Waals surface area contributed by atoms with Gasteiger partial charge in [-0.05, 0) is 54.3 Å². The number of carboxylic acids is 1. The average Bonchev–Trinajstić information content (AvgIpc) is 3.28. The lowest BCUT2D eigenvalue weighted by Gasteiger charge is -2.17. The summed E-state index contributed by atoms with van der Waals surface area (Å²) in [5.41, 5.74) is 4.62. The van der Waals surface area contributed by atoms with E-state index >= 15 is 0 Å². The predicted octanol–water partition coefficient (Wildman–Crippen LogP) is 4.55. The van der Waals surface area contributed by atoms with Crippen molar-refractivity contribution in [1.29, 1.82) is 0 Å². The summed E-state index contributed by atoms with van der Waals surface area (Å²) >= 11 is 0. The molecule has 6 nitrogen and oxygen atoms in total. The van der Waals surface area contributed by atoms with Crippen molar-refractivity contribution in [2.75, 3.05) is 19.6 Å². The molecule has 3 aromatic carbocycles. The molecule has 4 rings (SSSR count). The summed E-state index contributed by atoms with van der Waals surface area (Å²) in [7, 11) is 0. The van der Waals surface area contributed by atoms with Crippen LogP contribution in [0.3, 0.4) is 0 Å². The van der Waals surface area contributed by atoms with Gasteiger partial charge in [0.2, 0.25) is 0 Å². The van der Waals surface area contributed by atoms with E-state index in [0.29, 0.717) is 19.6 Å². The molecule has 0 spiro atoms. The molecular weight excluding hydrogens is 438 g/mol. The van der Waals surface area contributed by atoms with E-state index in [4.69, 9.17) is 4.74 Å². The molecule has 0 radical (unpaired) electrons. The predicted molar refractivity (Wildman–Crippen MR) is 140 cm³/mol. The van der Waals surface area contributed by atoms with Crippen molar-refractivity contribution in [3.8, 4) is 5.75 Å². The fourth-order valence-electron chi connectivity index (χ4n) is 4.21. The van der Waals surface area contributed by atoms with E-state index in [9.17, 15) is 9.90 Å². The highest BCUT2D eigenvalue weighted by molar-refractivity contribution is 5.83. The number of ether oxygens (including phenoxy) is 1. The Morgan fingerprint density at radius 3 is 2.46 bits per heavy atom. The second-order valence-electron chi connectivity index (χ2n) is 8.73. The summed E-state index contributed by atoms with van der Waals surface area (Å²) in [6, 6.07) is 26.4. The van der Waals surface area contributed by atoms with E-state index in [0.717, 1.165) is 47.3 Å². The van der Waals surface area contributed by atoms with Crippen LogP contribution in [-0.2, 0) is 24.2 Å². The van der Waals surface area contributed by atoms with E-state index in [1.165, 1.54) is 5.56 Å². The third-order valence-electron chi connectivity index (χ3n) is 6.06. The molecule has 1 aromatic heterocycles. The quantitative estimate of drug-likeness (QED) is 0.203. The lowest BCUT2D eigenvalue weighted by atomic mass is 10.0. The van der Waals surface area contributed by atoms with Crippen LogP contribution in [0.15, 0.2) is 85.1 Å². The minimum Gasteiger partial charge on any atom is -0.489 e. The Morgan fingerprint density at radius 2 is 1.66 bits per heavy atom. The summed E-state index contributed by atoms with van der Waals surface area (Å²) in [5.74, 6) is 0.0842. The number of nitrogens with one attached hydrogen (secondary N) is 3. The third kappa shape index (κ3) is 7.70. The Labute approximate surface area is 206 Å². The smallest absolute Gasteiger partial charge is 0.304 e. The van der Waals surface area contributed by atoms with Crippen molar-refractivity contribution in [2.24, 2.45) is 0 Å². The SMILES string of the molecule is O=C(O)C[C@H](Cc1c[nH]c2ccccc12)NCCNCCc1ccc(OCc2ccccc2)cc1. The maximum Gasteiger partial charge on any atom is 0.304 e. The standard InChI is InChI=1S/C29H33N3O3/c33-29(34)19-25(18-24-20-32-28-9-5-4-8-27(24)28)31-17-16-30-15-14-22-10-12-26(13-11-22)35-21-23-6-2-1-3-7-23/h1-13,20,25,30-32H,14-19,21H2,(H,33,34)/t25-/m0/s1. The number of hydrogen-bond donors (Lipinski definition) is 4. The number of aromatic nitrogens is 1. The largest absolute Gasteiger partial charge is 0.489 e. The maximum atomic E-state index is 11.4. The number of benzene rings is 3. The molecule has 0 saturated heterocycles. The topological polar surface area (TPSA) is 86.4 Å². The molecule has 0 aliphatic heterocycles. The number of carbonyl (C=O) groups is 1. The fourth-order valence-corrected chi connectivity index (χ4v) is 4.21. The van der Waals surface area contributed by atoms with Crippen LogP contribution in [0.2, 0.25) is 0 Å². The molecule has 0 aliphatic carbocycles. The summed E-state index contributed by atoms with van der Waals surface area (Å²) < 4.78 is 5.85. The van der Waals surface area contributed by atoms with Crippen LogP contribution in [0.4, 0.5) is 0 Å². The monoisotopic (exact) mass is 471 g/mol. The number of rotatable bonds is 14. The first-order chi connectivity index (χ1) is 17.2. The number of H-pyrrole nitrogens is 1. The first-order valence-corrected chi connectivity index (χ1v) is 12.1. The van der Waals surface area contributed by atoms with Gasteiger partial charge in [0.1, 0.15) is 12.4 Å². The molecule has 0 fully saturated rings. The van der Waals surface area contributed by atoms with Gasteiger partial charge in [0.15, 0.2) is 0 Å². The van der Waals surface area contributed by atoms with Crippen LogP contribution < -0.4 is 15.4 Å². The Bertz CT molecular complexity index is 1190. The Kier molecular flexibility index (Phi) is 8.92. The molecule has 35 heavy (non-hydrogen) atoms. The summed E-state index contributed by atoms with van der Waals surface area (Å²) in [4.78, 5) is 14.6. The van der Waals surface area contributed by atoms with Gasteiger partial charge in [-0.2, -0.15) is 0 Å². The van der Waals surface area contributed by atoms with Crippen molar-refractivity contribution >= 4 is 16.9 Å². The summed E-state index contributed by atoms with van der Waals surface area (Å²) in [6.45, 7) is 2.92. The highest BCUT2D eigenvalue weighted by Gasteiger charge is 2.15. The van der Waals surface area contributed by atoms with Gasteiger partial charge >= 0.3 is 5.97 Å². The van der Waals surface area contributed by atoms with Gasteiger partial charge in [-0.15, -0.1) is 0 Å². The Morgan fingerprint density at radius 1 is 0.886 bits per heavy atom. The number of fused-ring (bicyclic) bond motifs is 1. The van der Waals surface area contributed by atoms with Crippen LogP contribution in [-0.4, -0.2) is 41.7 Å². The molecular formula is C29H33N3O3. The van der Waals surface area contributed by atoms with Crippen molar-refractivity contribution in [3.05, 3.63) is 102 Å². The lowest BCUT2D eigenvalue weighted by Crippen LogP contribution is -2.38. The molecule has 0 unspecified atom stereocenters. The van der Waals surface area contributed by atoms with Crippen LogP contribution in [0, 0.1) is 0 Å². The first-order valence-electron chi connectivity index (χ1n) is 12.1. The normalized spacial score (nSPS) is 12.0. The molecule has 0 amide bonds. The summed E-state index contributed by atoms with van der Waals surface area (Å²) in [6.07, 6.45) is 3.68. The molecule has 4 aromatic rings. The molecule has 182 valence electrons. The van der Waals surface area contributed by atoms with Gasteiger partial charge in [0.25, 0.3) is 0 Å². The van der Waals surface area contributed by atoms with Gasteiger partial charge < -0.3 is 25.5 Å². The van der Waals surface area contributed by atoms with Crippen LogP contribution in [0.25, 0.3) is 10.9 Å². The van der Waals surface area contributed by atoms with Crippen molar-refractivity contribution in [1.82, 2.24) is 15.6 Å². The molecule has 0 saturated carbocycles. The van der Waals surface area contributed by atoms with Gasteiger partial charge in [0, 0.05) is 36.2 Å². The van der Waals surface area contributed by atoms with Crippen molar-refractivity contribution in [2.45, 2.75) is 31.9 Å². The number of para-hydroxylation sites is 1. The van der Waals surface area contributed by atoms with Gasteiger partial charge in [-0.1, -0.05) is 60.7 Å². The highest BCUT2D eigenvalue weighted by atomic mass is 16.5. The lowest BCUT2D eigenvalue weighted by molar-refractivity contribution is -0.137. The molecule has 0 bridgehead atoms. The minimum atomic E-state index is -0.786. The van der Waals surface area contributed by atoms with Gasteiger partial charge in [0.05, 0.1) is 6.42 Å². The Balaban J connectivity index is 1.15. The number of hydrogen-bond acceptors (Lipinski definition) is 4. The Hall–Kier alpha value is -3.61. The third-order valence-corrected chi connectivity index (χ3v) is 6.06. The van der Waals surface area contributed by atoms with E-state index in [1.54, 1.807) is 0 Å². The van der Waals surface area contributed by atoms with E-state index < -0.39 is 5.97 Å². The van der Waals surface area contributed by atoms with E-state index in [-0.39, 0.29) is 12.5 Å². The van der Waals surface area contributed by atoms with Crippen LogP contribution >= 0.6 is 0 Å². The van der Waals surface area contributed by atoms with E-state index in [2.05, 4.69) is 45.9 Å². The second kappa shape index (κ2) is 12.7. The highest BCUT2D eigenvalue weighted by Crippen LogP contribution is 2.20. The minimum absolute atomic E-state index is 0.0954. The number of aliphatic carboxylic acids is 1. The second-order valence-corrected chi connectivity index (χ2v) is 8.73. The van der Waals surface area contributed by atoms with Gasteiger partial charge in [-0.25, -0.2) is 0 Å². The fraction of sp³-hybridized carbons (Fsp3) is 0.276. The summed E-state index contributed by atoms with van der Waals surface area (Å²) in [5, 5.41) is 17.3. The van der Waals surface area contributed by atoms with Crippen molar-refractivity contribution < 1.29 is 14.6 Å². The average molecular weight is 472 g/mol. The zero-order valence-corrected chi connectivity index (χ0v) is 19.9. The van der Waals surface area contributed by atoms with E-state index in [1.807, 2.05) is 54.7 Å².